The maximum Gasteiger partial charge on any atom is 0.334 e. The monoisotopic (exact) mass is 298 g/mol. The van der Waals surface area contributed by atoms with Crippen molar-refractivity contribution in [2.45, 2.75) is 13.0 Å². The van der Waals surface area contributed by atoms with E-state index in [1.807, 2.05) is 0 Å². The Morgan fingerprint density at radius 1 is 1.48 bits per heavy atom. The SMILES string of the molecule is CCOc1c(C(=O)NCC(O)C(=O)O)cccc1[N+](=O)[O-]. The molecule has 0 aliphatic carbocycles. The summed E-state index contributed by atoms with van der Waals surface area (Å²) in [6.07, 6.45) is -1.76. The van der Waals surface area contributed by atoms with Gasteiger partial charge in [-0.3, -0.25) is 14.9 Å². The second-order valence-electron chi connectivity index (χ2n) is 3.91. The van der Waals surface area contributed by atoms with Crippen LogP contribution in [0.1, 0.15) is 17.3 Å². The third kappa shape index (κ3) is 4.14. The van der Waals surface area contributed by atoms with E-state index >= 15 is 0 Å². The molecule has 0 aliphatic heterocycles. The van der Waals surface area contributed by atoms with Crippen LogP contribution in [0, 0.1) is 10.1 Å². The fourth-order valence-electron chi connectivity index (χ4n) is 1.52. The third-order valence-corrected chi connectivity index (χ3v) is 2.47. The molecule has 1 amide bonds. The zero-order valence-corrected chi connectivity index (χ0v) is 11.1. The highest BCUT2D eigenvalue weighted by atomic mass is 16.6. The Morgan fingerprint density at radius 2 is 2.14 bits per heavy atom. The summed E-state index contributed by atoms with van der Waals surface area (Å²) in [5.41, 5.74) is -0.480. The quantitative estimate of drug-likeness (QED) is 0.481. The maximum atomic E-state index is 11.9. The molecule has 1 aromatic carbocycles. The number of ether oxygens (including phenoxy) is 1. The molecule has 21 heavy (non-hydrogen) atoms. The number of aliphatic hydroxyl groups excluding tert-OH is 1. The topological polar surface area (TPSA) is 139 Å². The molecule has 0 fully saturated rings. The third-order valence-electron chi connectivity index (χ3n) is 2.47. The highest BCUT2D eigenvalue weighted by Crippen LogP contribution is 2.30. The Bertz CT molecular complexity index is 559. The van der Waals surface area contributed by atoms with E-state index in [2.05, 4.69) is 5.32 Å². The van der Waals surface area contributed by atoms with Crippen molar-refractivity contribution >= 4 is 17.6 Å². The molecule has 0 heterocycles. The van der Waals surface area contributed by atoms with Gasteiger partial charge < -0.3 is 20.3 Å². The number of hydrogen-bond donors (Lipinski definition) is 3. The van der Waals surface area contributed by atoms with E-state index in [1.54, 1.807) is 6.92 Å². The highest BCUT2D eigenvalue weighted by Gasteiger charge is 2.24. The van der Waals surface area contributed by atoms with E-state index in [0.717, 1.165) is 0 Å². The van der Waals surface area contributed by atoms with Crippen LogP contribution in [0.2, 0.25) is 0 Å². The van der Waals surface area contributed by atoms with Gasteiger partial charge in [0, 0.05) is 6.07 Å². The second kappa shape index (κ2) is 7.20. The first-order chi connectivity index (χ1) is 9.88. The number of carbonyl (C=O) groups excluding carboxylic acids is 1. The Balaban J connectivity index is 3.00. The van der Waals surface area contributed by atoms with E-state index < -0.39 is 29.4 Å². The van der Waals surface area contributed by atoms with Crippen LogP contribution in [0.25, 0.3) is 0 Å². The predicted octanol–water partition coefficient (Wildman–Crippen LogP) is 0.169. The van der Waals surface area contributed by atoms with E-state index in [-0.39, 0.29) is 23.6 Å². The summed E-state index contributed by atoms with van der Waals surface area (Å²) >= 11 is 0. The molecule has 0 aromatic heterocycles. The number of nitro groups is 1. The minimum absolute atomic E-state index is 0.108. The van der Waals surface area contributed by atoms with Crippen molar-refractivity contribution in [2.24, 2.45) is 0 Å². The van der Waals surface area contributed by atoms with Crippen molar-refractivity contribution in [1.82, 2.24) is 5.32 Å². The Kier molecular flexibility index (Phi) is 5.61. The summed E-state index contributed by atoms with van der Waals surface area (Å²) in [5, 5.41) is 30.7. The number of rotatable bonds is 7. The van der Waals surface area contributed by atoms with Gasteiger partial charge in [0.1, 0.15) is 0 Å². The number of nitrogens with one attached hydrogen (secondary N) is 1. The van der Waals surface area contributed by atoms with E-state index in [1.165, 1.54) is 18.2 Å². The Labute approximate surface area is 119 Å². The number of aliphatic carboxylic acids is 1. The average molecular weight is 298 g/mol. The molecular weight excluding hydrogens is 284 g/mol. The van der Waals surface area contributed by atoms with Crippen LogP contribution >= 0.6 is 0 Å². The molecule has 9 heteroatoms. The van der Waals surface area contributed by atoms with Crippen LogP contribution < -0.4 is 10.1 Å². The van der Waals surface area contributed by atoms with Gasteiger partial charge in [0.25, 0.3) is 5.91 Å². The summed E-state index contributed by atoms with van der Waals surface area (Å²) in [4.78, 5) is 32.6. The molecule has 0 saturated carbocycles. The molecule has 114 valence electrons. The average Bonchev–Trinajstić information content (AvgIpc) is 2.44. The zero-order valence-electron chi connectivity index (χ0n) is 11.1. The lowest BCUT2D eigenvalue weighted by atomic mass is 10.1. The second-order valence-corrected chi connectivity index (χ2v) is 3.91. The van der Waals surface area contributed by atoms with Gasteiger partial charge >= 0.3 is 11.7 Å². The summed E-state index contributed by atoms with van der Waals surface area (Å²) in [6, 6.07) is 3.80. The first-order valence-electron chi connectivity index (χ1n) is 5.97. The first-order valence-corrected chi connectivity index (χ1v) is 5.97. The maximum absolute atomic E-state index is 11.9. The van der Waals surface area contributed by atoms with Gasteiger partial charge in [0.15, 0.2) is 6.10 Å². The fourth-order valence-corrected chi connectivity index (χ4v) is 1.52. The van der Waals surface area contributed by atoms with Gasteiger partial charge in [0.05, 0.1) is 23.6 Å². The lowest BCUT2D eigenvalue weighted by Crippen LogP contribution is -2.36. The van der Waals surface area contributed by atoms with E-state index in [9.17, 15) is 19.7 Å². The number of para-hydroxylation sites is 1. The highest BCUT2D eigenvalue weighted by molar-refractivity contribution is 5.98. The first kappa shape index (κ1) is 16.4. The number of hydrogen-bond acceptors (Lipinski definition) is 6. The molecule has 0 bridgehead atoms. The molecule has 1 rings (SSSR count). The van der Waals surface area contributed by atoms with Gasteiger partial charge in [-0.2, -0.15) is 0 Å². The summed E-state index contributed by atoms with van der Waals surface area (Å²) in [7, 11) is 0. The van der Waals surface area contributed by atoms with Crippen molar-refractivity contribution in [3.8, 4) is 5.75 Å². The van der Waals surface area contributed by atoms with Crippen LogP contribution in [0.5, 0.6) is 5.75 Å². The Hall–Kier alpha value is -2.68. The largest absolute Gasteiger partial charge is 0.487 e. The molecule has 1 atom stereocenters. The van der Waals surface area contributed by atoms with E-state index in [4.69, 9.17) is 14.9 Å². The van der Waals surface area contributed by atoms with Crippen molar-refractivity contribution < 1.29 is 29.5 Å². The van der Waals surface area contributed by atoms with Crippen molar-refractivity contribution in [1.29, 1.82) is 0 Å². The van der Waals surface area contributed by atoms with Crippen LogP contribution in [-0.2, 0) is 4.79 Å². The number of carboxylic acid groups (broad SMARTS) is 1. The minimum atomic E-state index is -1.76. The number of amides is 1. The molecule has 1 unspecified atom stereocenters. The van der Waals surface area contributed by atoms with Gasteiger partial charge in [-0.1, -0.05) is 6.07 Å². The van der Waals surface area contributed by atoms with Gasteiger partial charge in [-0.05, 0) is 13.0 Å². The lowest BCUT2D eigenvalue weighted by molar-refractivity contribution is -0.385. The van der Waals surface area contributed by atoms with Crippen LogP contribution in [0.3, 0.4) is 0 Å². The molecule has 1 aromatic rings. The number of aliphatic hydroxyl groups is 1. The van der Waals surface area contributed by atoms with E-state index in [0.29, 0.717) is 0 Å². The van der Waals surface area contributed by atoms with Gasteiger partial charge in [-0.15, -0.1) is 0 Å². The molecule has 9 nitrogen and oxygen atoms in total. The van der Waals surface area contributed by atoms with Gasteiger partial charge in [0.2, 0.25) is 5.75 Å². The standard InChI is InChI=1S/C12H14N2O7/c1-2-21-10-7(4-3-5-8(10)14(19)20)11(16)13-6-9(15)12(17)18/h3-5,9,15H,2,6H2,1H3,(H,13,16)(H,17,18). The van der Waals surface area contributed by atoms with Crippen LogP contribution in [-0.4, -0.2) is 46.3 Å². The fraction of sp³-hybridized carbons (Fsp3) is 0.333. The van der Waals surface area contributed by atoms with Gasteiger partial charge in [-0.25, -0.2) is 4.79 Å². The predicted molar refractivity (Wildman–Crippen MR) is 70.2 cm³/mol. The summed E-state index contributed by atoms with van der Waals surface area (Å²) in [5.74, 6) is -2.46. The van der Waals surface area contributed by atoms with Crippen molar-refractivity contribution in [2.75, 3.05) is 13.2 Å². The molecular formula is C12H14N2O7. The zero-order chi connectivity index (χ0) is 16.0. The van der Waals surface area contributed by atoms with Crippen LogP contribution in [0.4, 0.5) is 5.69 Å². The van der Waals surface area contributed by atoms with Crippen molar-refractivity contribution in [3.05, 3.63) is 33.9 Å². The number of carboxylic acids is 1. The molecule has 0 aliphatic rings. The number of nitro benzene ring substituents is 1. The van der Waals surface area contributed by atoms with Crippen LogP contribution in [0.15, 0.2) is 18.2 Å². The number of benzene rings is 1. The number of carbonyl (C=O) groups is 2. The summed E-state index contributed by atoms with van der Waals surface area (Å²) in [6.45, 7) is 1.19. The number of nitrogens with zero attached hydrogens (tertiary/aromatic N) is 1. The smallest absolute Gasteiger partial charge is 0.334 e. The summed E-state index contributed by atoms with van der Waals surface area (Å²) < 4.78 is 5.12. The minimum Gasteiger partial charge on any atom is -0.487 e. The molecule has 3 N–H and O–H groups in total. The van der Waals surface area contributed by atoms with Crippen molar-refractivity contribution in [3.63, 3.8) is 0 Å². The molecule has 0 radical (unpaired) electrons. The molecule has 0 saturated heterocycles. The molecule has 0 spiro atoms. The lowest BCUT2D eigenvalue weighted by Gasteiger charge is -2.11. The normalized spacial score (nSPS) is 11.5. The Morgan fingerprint density at radius 3 is 2.67 bits per heavy atom.